The van der Waals surface area contributed by atoms with Gasteiger partial charge in [0.1, 0.15) is 0 Å². The van der Waals surface area contributed by atoms with Crippen LogP contribution in [0, 0.1) is 0 Å². The lowest BCUT2D eigenvalue weighted by molar-refractivity contribution is -0.158. The van der Waals surface area contributed by atoms with Crippen molar-refractivity contribution < 1.29 is 23.9 Å². The Morgan fingerprint density at radius 1 is 1.10 bits per heavy atom. The van der Waals surface area contributed by atoms with Gasteiger partial charge in [0.2, 0.25) is 5.91 Å². The van der Waals surface area contributed by atoms with Crippen LogP contribution in [0.4, 0.5) is 0 Å². The fourth-order valence-electron chi connectivity index (χ4n) is 3.48. The highest BCUT2D eigenvalue weighted by Gasteiger charge is 2.57. The number of carbonyl (C=O) groups is 4. The van der Waals surface area contributed by atoms with Gasteiger partial charge in [-0.15, -0.1) is 0 Å². The number of carbonyl (C=O) groups excluding carboxylic acids is 4. The average Bonchev–Trinajstić information content (AvgIpc) is 2.74. The van der Waals surface area contributed by atoms with E-state index in [0.717, 1.165) is 12.0 Å². The first-order valence-corrected chi connectivity index (χ1v) is 9.22. The summed E-state index contributed by atoms with van der Waals surface area (Å²) >= 11 is 5.90. The summed E-state index contributed by atoms with van der Waals surface area (Å²) < 4.78 is 4.92. The number of imide groups is 1. The fourth-order valence-corrected chi connectivity index (χ4v) is 3.61. The van der Waals surface area contributed by atoms with E-state index in [-0.39, 0.29) is 17.7 Å². The molecule has 7 nitrogen and oxygen atoms in total. The highest BCUT2D eigenvalue weighted by Crippen LogP contribution is 2.39. The van der Waals surface area contributed by atoms with Crippen LogP contribution in [-0.4, -0.2) is 42.7 Å². The number of ether oxygens (including phenoxy) is 1. The van der Waals surface area contributed by atoms with Crippen molar-refractivity contribution in [3.8, 4) is 0 Å². The molecule has 150 valence electrons. The molecule has 1 N–H and O–H groups in total. The van der Waals surface area contributed by atoms with E-state index in [1.54, 1.807) is 36.4 Å². The second-order valence-electron chi connectivity index (χ2n) is 6.62. The molecular formula is C21H19ClN2O5. The number of hydrogen-bond donors (Lipinski definition) is 1. The maximum Gasteiger partial charge on any atom is 0.326 e. The summed E-state index contributed by atoms with van der Waals surface area (Å²) in [4.78, 5) is 52.7. The molecule has 2 aromatic rings. The summed E-state index contributed by atoms with van der Waals surface area (Å²) in [6, 6.07) is 12.9. The quantitative estimate of drug-likeness (QED) is 0.459. The molecule has 1 atom stereocenters. The Bertz CT molecular complexity index is 989. The summed E-state index contributed by atoms with van der Waals surface area (Å²) in [7, 11) is 2.55. The summed E-state index contributed by atoms with van der Waals surface area (Å²) in [5, 5.41) is 2.95. The standard InChI is InChI=1S/C21H19ClN2O5/c1-23-17(25)11-21(20(28)29-2)16-6-4-3-5-15(16)18(26)24(19(21)27)12-13-7-9-14(22)10-8-13/h3-10H,11-12H2,1-2H3,(H,23,25). The van der Waals surface area contributed by atoms with E-state index in [1.807, 2.05) is 0 Å². The smallest absolute Gasteiger partial charge is 0.326 e. The Morgan fingerprint density at radius 3 is 2.38 bits per heavy atom. The number of benzene rings is 2. The van der Waals surface area contributed by atoms with Gasteiger partial charge in [0.25, 0.3) is 11.8 Å². The zero-order valence-electron chi connectivity index (χ0n) is 15.9. The minimum absolute atomic E-state index is 0.0738. The molecular weight excluding hydrogens is 396 g/mol. The third kappa shape index (κ3) is 3.49. The number of fused-ring (bicyclic) bond motifs is 1. The normalized spacial score (nSPS) is 18.2. The van der Waals surface area contributed by atoms with Crippen LogP contribution in [0.5, 0.6) is 0 Å². The number of halogens is 1. The van der Waals surface area contributed by atoms with E-state index in [2.05, 4.69) is 5.32 Å². The molecule has 0 fully saturated rings. The summed E-state index contributed by atoms with van der Waals surface area (Å²) in [6.45, 7) is -0.0738. The first-order valence-electron chi connectivity index (χ1n) is 8.84. The van der Waals surface area contributed by atoms with Gasteiger partial charge in [-0.1, -0.05) is 41.9 Å². The average molecular weight is 415 g/mol. The van der Waals surface area contributed by atoms with E-state index in [9.17, 15) is 19.2 Å². The van der Waals surface area contributed by atoms with Crippen LogP contribution >= 0.6 is 11.6 Å². The van der Waals surface area contributed by atoms with Crippen molar-refractivity contribution in [2.75, 3.05) is 14.2 Å². The maximum atomic E-state index is 13.5. The number of amides is 3. The van der Waals surface area contributed by atoms with E-state index in [1.165, 1.54) is 19.2 Å². The lowest BCUT2D eigenvalue weighted by atomic mass is 9.71. The molecule has 0 aliphatic carbocycles. The molecule has 1 unspecified atom stereocenters. The van der Waals surface area contributed by atoms with Crippen LogP contribution in [-0.2, 0) is 31.1 Å². The van der Waals surface area contributed by atoms with E-state index < -0.39 is 35.5 Å². The lowest BCUT2D eigenvalue weighted by Crippen LogP contribution is -2.59. The molecule has 0 radical (unpaired) electrons. The first-order chi connectivity index (χ1) is 13.8. The predicted molar refractivity (Wildman–Crippen MR) is 105 cm³/mol. The van der Waals surface area contributed by atoms with Crippen LogP contribution in [0.25, 0.3) is 0 Å². The van der Waals surface area contributed by atoms with Crippen molar-refractivity contribution in [3.05, 3.63) is 70.2 Å². The van der Waals surface area contributed by atoms with Crippen LogP contribution < -0.4 is 5.32 Å². The Hall–Kier alpha value is -3.19. The molecule has 3 rings (SSSR count). The van der Waals surface area contributed by atoms with Gasteiger partial charge >= 0.3 is 5.97 Å². The zero-order chi connectivity index (χ0) is 21.2. The SMILES string of the molecule is CNC(=O)CC1(C(=O)OC)C(=O)N(Cc2ccc(Cl)cc2)C(=O)c2ccccc21. The van der Waals surface area contributed by atoms with E-state index >= 15 is 0 Å². The Labute approximate surface area is 172 Å². The summed E-state index contributed by atoms with van der Waals surface area (Å²) in [5.74, 6) is -2.77. The van der Waals surface area contributed by atoms with Gasteiger partial charge in [0, 0.05) is 17.6 Å². The van der Waals surface area contributed by atoms with Gasteiger partial charge in [-0.05, 0) is 29.3 Å². The number of hydrogen-bond acceptors (Lipinski definition) is 5. The Balaban J connectivity index is 2.17. The minimum atomic E-state index is -1.95. The molecule has 1 heterocycles. The van der Waals surface area contributed by atoms with Crippen LogP contribution in [0.2, 0.25) is 5.02 Å². The van der Waals surface area contributed by atoms with Gasteiger partial charge in [0.05, 0.1) is 20.1 Å². The van der Waals surface area contributed by atoms with Crippen molar-refractivity contribution in [2.24, 2.45) is 0 Å². The highest BCUT2D eigenvalue weighted by molar-refractivity contribution is 6.30. The molecule has 0 saturated carbocycles. The van der Waals surface area contributed by atoms with Crippen molar-refractivity contribution in [1.29, 1.82) is 0 Å². The van der Waals surface area contributed by atoms with Gasteiger partial charge in [-0.3, -0.25) is 24.1 Å². The monoisotopic (exact) mass is 414 g/mol. The van der Waals surface area contributed by atoms with Gasteiger partial charge < -0.3 is 10.1 Å². The number of esters is 1. The molecule has 1 aliphatic heterocycles. The number of methoxy groups -OCH3 is 1. The van der Waals surface area contributed by atoms with Crippen molar-refractivity contribution in [3.63, 3.8) is 0 Å². The molecule has 29 heavy (non-hydrogen) atoms. The van der Waals surface area contributed by atoms with Gasteiger partial charge in [0.15, 0.2) is 5.41 Å². The first kappa shape index (κ1) is 20.5. The maximum absolute atomic E-state index is 13.5. The Kier molecular flexibility index (Phi) is 5.70. The van der Waals surface area contributed by atoms with Crippen molar-refractivity contribution >= 4 is 35.3 Å². The lowest BCUT2D eigenvalue weighted by Gasteiger charge is -2.39. The predicted octanol–water partition coefficient (Wildman–Crippen LogP) is 2.07. The molecule has 3 amide bonds. The number of nitrogens with one attached hydrogen (secondary N) is 1. The molecule has 1 aliphatic rings. The van der Waals surface area contributed by atoms with Crippen molar-refractivity contribution in [2.45, 2.75) is 18.4 Å². The second-order valence-corrected chi connectivity index (χ2v) is 7.05. The van der Waals surface area contributed by atoms with Gasteiger partial charge in [-0.2, -0.15) is 0 Å². The van der Waals surface area contributed by atoms with Gasteiger partial charge in [-0.25, -0.2) is 0 Å². The van der Waals surface area contributed by atoms with Crippen LogP contribution in [0.15, 0.2) is 48.5 Å². The summed E-state index contributed by atoms with van der Waals surface area (Å²) in [5.41, 5.74) is -0.964. The van der Waals surface area contributed by atoms with Crippen LogP contribution in [0.1, 0.15) is 27.9 Å². The number of rotatable bonds is 5. The zero-order valence-corrected chi connectivity index (χ0v) is 16.7. The highest BCUT2D eigenvalue weighted by atomic mass is 35.5. The molecule has 0 spiro atoms. The molecule has 0 bridgehead atoms. The third-order valence-corrected chi connectivity index (χ3v) is 5.22. The van der Waals surface area contributed by atoms with E-state index in [4.69, 9.17) is 16.3 Å². The third-order valence-electron chi connectivity index (χ3n) is 4.97. The molecule has 8 heteroatoms. The summed E-state index contributed by atoms with van der Waals surface area (Å²) in [6.07, 6.45) is -0.476. The van der Waals surface area contributed by atoms with Crippen molar-refractivity contribution in [1.82, 2.24) is 10.2 Å². The minimum Gasteiger partial charge on any atom is -0.468 e. The molecule has 2 aromatic carbocycles. The second kappa shape index (κ2) is 8.05. The number of nitrogens with zero attached hydrogens (tertiary/aromatic N) is 1. The topological polar surface area (TPSA) is 92.8 Å². The van der Waals surface area contributed by atoms with Crippen LogP contribution in [0.3, 0.4) is 0 Å². The molecule has 0 saturated heterocycles. The fraction of sp³-hybridized carbons (Fsp3) is 0.238. The van der Waals surface area contributed by atoms with E-state index in [0.29, 0.717) is 10.6 Å². The Morgan fingerprint density at radius 2 is 1.76 bits per heavy atom. The molecule has 0 aromatic heterocycles. The largest absolute Gasteiger partial charge is 0.468 e.